The maximum absolute atomic E-state index is 12.7. The fourth-order valence-corrected chi connectivity index (χ4v) is 4.13. The summed E-state index contributed by atoms with van der Waals surface area (Å²) in [5.74, 6) is -0.850. The number of hydrogen-bond donors (Lipinski definition) is 1. The Labute approximate surface area is 156 Å². The van der Waals surface area contributed by atoms with Gasteiger partial charge in [-0.25, -0.2) is 14.8 Å². The number of anilines is 1. The number of aryl methyl sites for hydroxylation is 2. The van der Waals surface area contributed by atoms with Crippen molar-refractivity contribution in [3.63, 3.8) is 0 Å². The van der Waals surface area contributed by atoms with Crippen LogP contribution in [0.2, 0.25) is 0 Å². The highest BCUT2D eigenvalue weighted by Crippen LogP contribution is 2.27. The van der Waals surface area contributed by atoms with Gasteiger partial charge in [-0.2, -0.15) is 0 Å². The molecule has 8 nitrogen and oxygen atoms in total. The van der Waals surface area contributed by atoms with Crippen LogP contribution in [-0.4, -0.2) is 33.0 Å². The largest absolute Gasteiger partial charge is 0.462 e. The van der Waals surface area contributed by atoms with Gasteiger partial charge in [0, 0.05) is 5.38 Å². The van der Waals surface area contributed by atoms with Gasteiger partial charge in [0.15, 0.2) is 5.13 Å². The van der Waals surface area contributed by atoms with E-state index in [9.17, 15) is 14.4 Å². The molecule has 3 heterocycles. The first-order valence-electron chi connectivity index (χ1n) is 7.78. The molecule has 0 radical (unpaired) electrons. The Morgan fingerprint density at radius 2 is 2.12 bits per heavy atom. The molecule has 26 heavy (non-hydrogen) atoms. The van der Waals surface area contributed by atoms with E-state index in [1.165, 1.54) is 22.2 Å². The van der Waals surface area contributed by atoms with Gasteiger partial charge < -0.3 is 10.1 Å². The average Bonchev–Trinajstić information content (AvgIpc) is 3.14. The van der Waals surface area contributed by atoms with Crippen LogP contribution < -0.4 is 10.9 Å². The molecule has 0 aliphatic heterocycles. The maximum Gasteiger partial charge on any atom is 0.348 e. The number of nitrogens with one attached hydrogen (secondary N) is 1. The Bertz CT molecular complexity index is 1050. The Hall–Kier alpha value is -2.59. The van der Waals surface area contributed by atoms with Gasteiger partial charge in [0.1, 0.15) is 16.3 Å². The highest BCUT2D eigenvalue weighted by atomic mass is 32.1. The maximum atomic E-state index is 12.7. The highest BCUT2D eigenvalue weighted by Gasteiger charge is 2.20. The molecule has 0 aromatic carbocycles. The molecule has 1 amide bonds. The number of carbonyl (C=O) groups is 2. The van der Waals surface area contributed by atoms with E-state index in [1.807, 2.05) is 12.3 Å². The van der Waals surface area contributed by atoms with Gasteiger partial charge in [-0.05, 0) is 26.3 Å². The lowest BCUT2D eigenvalue weighted by Crippen LogP contribution is -2.27. The molecule has 0 atom stereocenters. The summed E-state index contributed by atoms with van der Waals surface area (Å²) in [4.78, 5) is 46.0. The Morgan fingerprint density at radius 1 is 1.35 bits per heavy atom. The predicted octanol–water partition coefficient (Wildman–Crippen LogP) is 2.35. The summed E-state index contributed by atoms with van der Waals surface area (Å²) in [6.45, 7) is 5.28. The van der Waals surface area contributed by atoms with Gasteiger partial charge in [-0.1, -0.05) is 0 Å². The predicted molar refractivity (Wildman–Crippen MR) is 100 cm³/mol. The molecule has 3 rings (SSSR count). The van der Waals surface area contributed by atoms with Crippen molar-refractivity contribution in [2.45, 2.75) is 27.3 Å². The third kappa shape index (κ3) is 3.51. The number of ether oxygens (including phenoxy) is 1. The number of thiazole rings is 1. The normalized spacial score (nSPS) is 10.9. The fraction of sp³-hybridized carbons (Fsp3) is 0.312. The second kappa shape index (κ2) is 7.34. The first-order chi connectivity index (χ1) is 12.4. The third-order valence-corrected chi connectivity index (χ3v) is 5.61. The van der Waals surface area contributed by atoms with Crippen LogP contribution in [0, 0.1) is 13.8 Å². The molecule has 0 unspecified atom stereocenters. The molecule has 3 aromatic heterocycles. The summed E-state index contributed by atoms with van der Waals surface area (Å²) >= 11 is 2.42. The van der Waals surface area contributed by atoms with Crippen LogP contribution in [0.25, 0.3) is 10.2 Å². The van der Waals surface area contributed by atoms with Crippen molar-refractivity contribution in [1.29, 1.82) is 0 Å². The van der Waals surface area contributed by atoms with Gasteiger partial charge in [-0.3, -0.25) is 14.2 Å². The number of nitrogens with zero attached hydrogens (tertiary/aromatic N) is 3. The van der Waals surface area contributed by atoms with E-state index < -0.39 is 5.97 Å². The van der Waals surface area contributed by atoms with E-state index in [1.54, 1.807) is 13.8 Å². The Balaban J connectivity index is 1.89. The van der Waals surface area contributed by atoms with Crippen molar-refractivity contribution < 1.29 is 14.3 Å². The van der Waals surface area contributed by atoms with Crippen LogP contribution in [0.3, 0.4) is 0 Å². The van der Waals surface area contributed by atoms with Crippen molar-refractivity contribution in [2.75, 3.05) is 11.9 Å². The van der Waals surface area contributed by atoms with Crippen LogP contribution in [0.1, 0.15) is 27.9 Å². The van der Waals surface area contributed by atoms with Crippen LogP contribution in [0.15, 0.2) is 16.5 Å². The molecule has 136 valence electrons. The first kappa shape index (κ1) is 18.2. The van der Waals surface area contributed by atoms with Gasteiger partial charge >= 0.3 is 5.97 Å². The van der Waals surface area contributed by atoms with Crippen LogP contribution in [0.5, 0.6) is 0 Å². The standard InChI is InChI=1S/C16H16N4O4S2/c1-4-24-15(23)12-9(3)11-13(26-12)17-7-20(14(11)22)5-10(21)19-16-18-8(2)6-25-16/h6-7H,4-5H2,1-3H3,(H,18,19,21). The second-order valence-electron chi connectivity index (χ2n) is 5.48. The summed E-state index contributed by atoms with van der Waals surface area (Å²) in [7, 11) is 0. The topological polar surface area (TPSA) is 103 Å². The zero-order chi connectivity index (χ0) is 18.8. The molecule has 0 aliphatic rings. The summed E-state index contributed by atoms with van der Waals surface area (Å²) in [6.07, 6.45) is 1.31. The van der Waals surface area contributed by atoms with Crippen molar-refractivity contribution >= 4 is 49.9 Å². The summed E-state index contributed by atoms with van der Waals surface area (Å²) < 4.78 is 6.22. The first-order valence-corrected chi connectivity index (χ1v) is 9.48. The van der Waals surface area contributed by atoms with E-state index >= 15 is 0 Å². The molecule has 0 saturated heterocycles. The van der Waals surface area contributed by atoms with Gasteiger partial charge in [-0.15, -0.1) is 22.7 Å². The second-order valence-corrected chi connectivity index (χ2v) is 7.33. The van der Waals surface area contributed by atoms with Crippen molar-refractivity contribution in [1.82, 2.24) is 14.5 Å². The minimum atomic E-state index is -0.476. The molecule has 1 N–H and O–H groups in total. The van der Waals surface area contributed by atoms with Gasteiger partial charge in [0.25, 0.3) is 5.56 Å². The molecule has 3 aromatic rings. The SMILES string of the molecule is CCOC(=O)c1sc2ncn(CC(=O)Nc3nc(C)cs3)c(=O)c2c1C. The molecule has 0 fully saturated rings. The quantitative estimate of drug-likeness (QED) is 0.669. The van der Waals surface area contributed by atoms with E-state index in [2.05, 4.69) is 15.3 Å². The number of amides is 1. The number of aromatic nitrogens is 3. The molecule has 0 spiro atoms. The minimum Gasteiger partial charge on any atom is -0.462 e. The van der Waals surface area contributed by atoms with Crippen LogP contribution in [0.4, 0.5) is 5.13 Å². The van der Waals surface area contributed by atoms with E-state index in [0.717, 1.165) is 17.0 Å². The van der Waals surface area contributed by atoms with Crippen LogP contribution in [-0.2, 0) is 16.1 Å². The molecule has 0 saturated carbocycles. The summed E-state index contributed by atoms with van der Waals surface area (Å²) in [6, 6.07) is 0. The Kier molecular flexibility index (Phi) is 5.14. The number of hydrogen-bond acceptors (Lipinski definition) is 8. The zero-order valence-electron chi connectivity index (χ0n) is 14.4. The van der Waals surface area contributed by atoms with E-state index in [4.69, 9.17) is 4.74 Å². The molecular formula is C16H16N4O4S2. The van der Waals surface area contributed by atoms with Gasteiger partial charge in [0.2, 0.25) is 5.91 Å². The van der Waals surface area contributed by atoms with Gasteiger partial charge in [0.05, 0.1) is 24.0 Å². The van der Waals surface area contributed by atoms with E-state index in [0.29, 0.717) is 25.8 Å². The lowest BCUT2D eigenvalue weighted by Gasteiger charge is -2.05. The minimum absolute atomic E-state index is 0.190. The molecular weight excluding hydrogens is 376 g/mol. The highest BCUT2D eigenvalue weighted by molar-refractivity contribution is 7.20. The molecule has 0 bridgehead atoms. The number of thiophene rings is 1. The van der Waals surface area contributed by atoms with Crippen molar-refractivity contribution in [2.24, 2.45) is 0 Å². The number of carbonyl (C=O) groups excluding carboxylic acids is 2. The number of rotatable bonds is 5. The smallest absolute Gasteiger partial charge is 0.348 e. The van der Waals surface area contributed by atoms with E-state index in [-0.39, 0.29) is 24.6 Å². The summed E-state index contributed by atoms with van der Waals surface area (Å²) in [5.41, 5.74) is 0.960. The number of esters is 1. The summed E-state index contributed by atoms with van der Waals surface area (Å²) in [5, 5.41) is 5.28. The lowest BCUT2D eigenvalue weighted by molar-refractivity contribution is -0.116. The monoisotopic (exact) mass is 392 g/mol. The average molecular weight is 392 g/mol. The molecule has 10 heteroatoms. The fourth-order valence-electron chi connectivity index (χ4n) is 2.39. The zero-order valence-corrected chi connectivity index (χ0v) is 16.0. The number of fused-ring (bicyclic) bond motifs is 1. The molecule has 0 aliphatic carbocycles. The Morgan fingerprint density at radius 3 is 2.77 bits per heavy atom. The van der Waals surface area contributed by atoms with Crippen LogP contribution >= 0.6 is 22.7 Å². The van der Waals surface area contributed by atoms with Crippen molar-refractivity contribution in [3.05, 3.63) is 38.2 Å². The third-order valence-electron chi connectivity index (χ3n) is 3.56. The lowest BCUT2D eigenvalue weighted by atomic mass is 10.2. The van der Waals surface area contributed by atoms with Crippen molar-refractivity contribution in [3.8, 4) is 0 Å².